The minimum absolute atomic E-state index is 0.238. The van der Waals surface area contributed by atoms with Gasteiger partial charge in [0.15, 0.2) is 0 Å². The van der Waals surface area contributed by atoms with Gasteiger partial charge < -0.3 is 11.1 Å². The summed E-state index contributed by atoms with van der Waals surface area (Å²) < 4.78 is 0. The fourth-order valence-electron chi connectivity index (χ4n) is 2.24. The molecule has 0 spiro atoms. The molecule has 3 rings (SSSR count). The second kappa shape index (κ2) is 5.73. The molecule has 4 nitrogen and oxygen atoms in total. The van der Waals surface area contributed by atoms with E-state index in [2.05, 4.69) is 10.3 Å². The van der Waals surface area contributed by atoms with Gasteiger partial charge in [-0.15, -0.1) is 0 Å². The zero-order valence-corrected chi connectivity index (χ0v) is 11.4. The highest BCUT2D eigenvalue weighted by molar-refractivity contribution is 6.03. The van der Waals surface area contributed by atoms with E-state index in [1.807, 2.05) is 54.6 Å². The Morgan fingerprint density at radius 3 is 2.67 bits per heavy atom. The molecule has 4 heteroatoms. The maximum Gasteiger partial charge on any atom is 0.245 e. The van der Waals surface area contributed by atoms with E-state index in [-0.39, 0.29) is 5.91 Å². The monoisotopic (exact) mass is 277 g/mol. The molecule has 0 aliphatic heterocycles. The van der Waals surface area contributed by atoms with Crippen molar-refractivity contribution >= 4 is 22.4 Å². The molecule has 0 radical (unpaired) electrons. The van der Waals surface area contributed by atoms with Crippen LogP contribution in [0.25, 0.3) is 10.8 Å². The van der Waals surface area contributed by atoms with Gasteiger partial charge in [-0.25, -0.2) is 0 Å². The minimum Gasteiger partial charge on any atom is -0.324 e. The fourth-order valence-corrected chi connectivity index (χ4v) is 2.24. The Bertz CT molecular complexity index is 766. The number of carbonyl (C=O) groups is 1. The number of aromatic nitrogens is 1. The first-order valence-electron chi connectivity index (χ1n) is 6.70. The number of nitrogens with two attached hydrogens (primary N) is 1. The Kier molecular flexibility index (Phi) is 3.62. The molecule has 21 heavy (non-hydrogen) atoms. The molecular formula is C17H15N3O. The largest absolute Gasteiger partial charge is 0.324 e. The Morgan fingerprint density at radius 1 is 1.05 bits per heavy atom. The van der Waals surface area contributed by atoms with Crippen molar-refractivity contribution in [2.75, 3.05) is 5.32 Å². The normalized spacial score (nSPS) is 12.0. The number of amides is 1. The van der Waals surface area contributed by atoms with Crippen molar-refractivity contribution < 1.29 is 4.79 Å². The first kappa shape index (κ1) is 13.3. The van der Waals surface area contributed by atoms with Crippen LogP contribution in [0.15, 0.2) is 67.0 Å². The van der Waals surface area contributed by atoms with Crippen LogP contribution in [0.5, 0.6) is 0 Å². The van der Waals surface area contributed by atoms with Gasteiger partial charge in [0.2, 0.25) is 5.91 Å². The molecule has 3 aromatic rings. The van der Waals surface area contributed by atoms with Crippen LogP contribution >= 0.6 is 0 Å². The second-order valence-corrected chi connectivity index (χ2v) is 4.78. The van der Waals surface area contributed by atoms with Crippen molar-refractivity contribution in [3.63, 3.8) is 0 Å². The van der Waals surface area contributed by atoms with E-state index in [1.165, 1.54) is 0 Å². The lowest BCUT2D eigenvalue weighted by atomic mass is 10.1. The van der Waals surface area contributed by atoms with Crippen LogP contribution in [0.4, 0.5) is 5.69 Å². The first-order chi connectivity index (χ1) is 10.3. The van der Waals surface area contributed by atoms with Crippen molar-refractivity contribution in [3.05, 3.63) is 72.6 Å². The number of pyridine rings is 1. The molecule has 0 unspecified atom stereocenters. The van der Waals surface area contributed by atoms with Gasteiger partial charge in [0, 0.05) is 17.8 Å². The summed E-state index contributed by atoms with van der Waals surface area (Å²) in [6.07, 6.45) is 3.46. The molecule has 3 N–H and O–H groups in total. The van der Waals surface area contributed by atoms with E-state index < -0.39 is 6.04 Å². The molecular weight excluding hydrogens is 262 g/mol. The number of nitrogens with zero attached hydrogens (tertiary/aromatic N) is 1. The maximum absolute atomic E-state index is 12.3. The Hall–Kier alpha value is -2.72. The van der Waals surface area contributed by atoms with Crippen LogP contribution in [0.1, 0.15) is 11.6 Å². The number of anilines is 1. The summed E-state index contributed by atoms with van der Waals surface area (Å²) >= 11 is 0. The molecule has 1 aromatic heterocycles. The third kappa shape index (κ3) is 2.75. The number of carbonyl (C=O) groups excluding carboxylic acids is 1. The Labute approximate surface area is 122 Å². The molecule has 104 valence electrons. The van der Waals surface area contributed by atoms with E-state index >= 15 is 0 Å². The van der Waals surface area contributed by atoms with E-state index in [1.54, 1.807) is 12.4 Å². The molecule has 0 saturated heterocycles. The highest BCUT2D eigenvalue weighted by Crippen LogP contribution is 2.23. The lowest BCUT2D eigenvalue weighted by molar-refractivity contribution is -0.117. The van der Waals surface area contributed by atoms with Gasteiger partial charge in [0.25, 0.3) is 0 Å². The van der Waals surface area contributed by atoms with Crippen molar-refractivity contribution in [2.45, 2.75) is 6.04 Å². The zero-order chi connectivity index (χ0) is 14.7. The van der Waals surface area contributed by atoms with E-state index in [0.717, 1.165) is 22.0 Å². The van der Waals surface area contributed by atoms with Crippen LogP contribution in [0, 0.1) is 0 Å². The molecule has 0 aliphatic rings. The Morgan fingerprint density at radius 2 is 1.86 bits per heavy atom. The minimum atomic E-state index is -0.696. The predicted molar refractivity (Wildman–Crippen MR) is 83.7 cm³/mol. The van der Waals surface area contributed by atoms with Gasteiger partial charge in [-0.2, -0.15) is 0 Å². The average Bonchev–Trinajstić information content (AvgIpc) is 2.55. The third-order valence-electron chi connectivity index (χ3n) is 3.38. The zero-order valence-electron chi connectivity index (χ0n) is 11.4. The average molecular weight is 277 g/mol. The lowest BCUT2D eigenvalue weighted by Crippen LogP contribution is -2.27. The predicted octanol–water partition coefficient (Wildman–Crippen LogP) is 2.87. The van der Waals surface area contributed by atoms with Crippen LogP contribution in [-0.2, 0) is 4.79 Å². The maximum atomic E-state index is 12.3. The van der Waals surface area contributed by atoms with Crippen LogP contribution in [0.3, 0.4) is 0 Å². The summed E-state index contributed by atoms with van der Waals surface area (Å²) in [5.41, 5.74) is 7.51. The van der Waals surface area contributed by atoms with Gasteiger partial charge in [-0.1, -0.05) is 42.5 Å². The van der Waals surface area contributed by atoms with Crippen molar-refractivity contribution in [2.24, 2.45) is 5.73 Å². The van der Waals surface area contributed by atoms with Gasteiger partial charge in [0.05, 0.1) is 5.69 Å². The van der Waals surface area contributed by atoms with Crippen molar-refractivity contribution in [1.82, 2.24) is 4.98 Å². The molecule has 1 heterocycles. The molecule has 0 bridgehead atoms. The SMILES string of the molecule is N[C@@H](C(=O)Nc1cccc2ccncc12)c1ccccc1. The van der Waals surface area contributed by atoms with Gasteiger partial charge in [-0.05, 0) is 23.1 Å². The molecule has 0 saturated carbocycles. The summed E-state index contributed by atoms with van der Waals surface area (Å²) in [7, 11) is 0. The highest BCUT2D eigenvalue weighted by Gasteiger charge is 2.16. The molecule has 0 aliphatic carbocycles. The summed E-state index contributed by atoms with van der Waals surface area (Å²) in [5.74, 6) is -0.238. The van der Waals surface area contributed by atoms with Crippen LogP contribution in [0.2, 0.25) is 0 Å². The number of hydrogen-bond donors (Lipinski definition) is 2. The highest BCUT2D eigenvalue weighted by atomic mass is 16.2. The van der Waals surface area contributed by atoms with Gasteiger partial charge in [-0.3, -0.25) is 9.78 Å². The fraction of sp³-hybridized carbons (Fsp3) is 0.0588. The van der Waals surface area contributed by atoms with Gasteiger partial charge in [0.1, 0.15) is 6.04 Å². The number of hydrogen-bond acceptors (Lipinski definition) is 3. The summed E-state index contributed by atoms with van der Waals surface area (Å²) in [6, 6.07) is 16.2. The standard InChI is InChI=1S/C17H15N3O/c18-16(13-5-2-1-3-6-13)17(21)20-15-8-4-7-12-9-10-19-11-14(12)15/h1-11,16H,18H2,(H,20,21)/t16-/m1/s1. The van der Waals surface area contributed by atoms with Crippen molar-refractivity contribution in [1.29, 1.82) is 0 Å². The number of fused-ring (bicyclic) bond motifs is 1. The second-order valence-electron chi connectivity index (χ2n) is 4.78. The smallest absolute Gasteiger partial charge is 0.245 e. The first-order valence-corrected chi connectivity index (χ1v) is 6.70. The summed E-state index contributed by atoms with van der Waals surface area (Å²) in [5, 5.41) is 4.80. The molecule has 1 atom stereocenters. The molecule has 0 fully saturated rings. The van der Waals surface area contributed by atoms with Crippen molar-refractivity contribution in [3.8, 4) is 0 Å². The number of benzene rings is 2. The van der Waals surface area contributed by atoms with Crippen LogP contribution in [-0.4, -0.2) is 10.9 Å². The van der Waals surface area contributed by atoms with Crippen LogP contribution < -0.4 is 11.1 Å². The third-order valence-corrected chi connectivity index (χ3v) is 3.38. The molecule has 1 amide bonds. The summed E-state index contributed by atoms with van der Waals surface area (Å²) in [6.45, 7) is 0. The lowest BCUT2D eigenvalue weighted by Gasteiger charge is -2.13. The number of rotatable bonds is 3. The topological polar surface area (TPSA) is 68.0 Å². The van der Waals surface area contributed by atoms with E-state index in [9.17, 15) is 4.79 Å². The molecule has 2 aromatic carbocycles. The van der Waals surface area contributed by atoms with Gasteiger partial charge >= 0.3 is 0 Å². The quantitative estimate of drug-likeness (QED) is 0.773. The van der Waals surface area contributed by atoms with E-state index in [0.29, 0.717) is 0 Å². The number of nitrogens with one attached hydrogen (secondary N) is 1. The Balaban J connectivity index is 1.87. The van der Waals surface area contributed by atoms with E-state index in [4.69, 9.17) is 5.73 Å². The summed E-state index contributed by atoms with van der Waals surface area (Å²) in [4.78, 5) is 16.4.